The summed E-state index contributed by atoms with van der Waals surface area (Å²) in [6, 6.07) is 7.74. The smallest absolute Gasteiger partial charge is 0.143 e. The number of anilines is 1. The predicted octanol–water partition coefficient (Wildman–Crippen LogP) is 4.26. The van der Waals surface area contributed by atoms with Crippen LogP contribution in [0.3, 0.4) is 0 Å². The fourth-order valence-corrected chi connectivity index (χ4v) is 2.43. The fraction of sp³-hybridized carbons (Fsp3) is 0. The molecule has 0 atom stereocenters. The van der Waals surface area contributed by atoms with E-state index in [1.165, 1.54) is 12.1 Å². The summed E-state index contributed by atoms with van der Waals surface area (Å²) in [5, 5.41) is 0.767. The standard InChI is InChI=1S/C13H8Cl2FN3/c14-6-4-9(17)12-10(5-6)18-13(19-12)11-7(15)2-1-3-8(11)16/h1-5H,17H2,(H,18,19). The van der Waals surface area contributed by atoms with Crippen molar-refractivity contribution in [2.24, 2.45) is 0 Å². The van der Waals surface area contributed by atoms with Crippen LogP contribution in [0, 0.1) is 5.82 Å². The molecule has 19 heavy (non-hydrogen) atoms. The van der Waals surface area contributed by atoms with Gasteiger partial charge in [-0.3, -0.25) is 0 Å². The maximum atomic E-state index is 13.8. The molecule has 1 heterocycles. The Morgan fingerprint density at radius 2 is 2.00 bits per heavy atom. The van der Waals surface area contributed by atoms with Crippen molar-refractivity contribution in [3.8, 4) is 11.4 Å². The Bertz CT molecular complexity index is 763. The zero-order valence-electron chi connectivity index (χ0n) is 9.55. The van der Waals surface area contributed by atoms with Crippen LogP contribution in [0.15, 0.2) is 30.3 Å². The topological polar surface area (TPSA) is 54.7 Å². The van der Waals surface area contributed by atoms with Crippen LogP contribution in [0.25, 0.3) is 22.4 Å². The highest BCUT2D eigenvalue weighted by molar-refractivity contribution is 6.33. The summed E-state index contributed by atoms with van der Waals surface area (Å²) in [4.78, 5) is 7.26. The number of hydrogen-bond acceptors (Lipinski definition) is 2. The first-order valence-corrected chi connectivity index (χ1v) is 6.21. The highest BCUT2D eigenvalue weighted by Crippen LogP contribution is 2.32. The highest BCUT2D eigenvalue weighted by Gasteiger charge is 2.15. The summed E-state index contributed by atoms with van der Waals surface area (Å²) in [6.45, 7) is 0. The number of aromatic nitrogens is 2. The molecule has 3 rings (SSSR count). The molecule has 0 spiro atoms. The molecule has 3 N–H and O–H groups in total. The van der Waals surface area contributed by atoms with E-state index >= 15 is 0 Å². The zero-order chi connectivity index (χ0) is 13.6. The summed E-state index contributed by atoms with van der Waals surface area (Å²) < 4.78 is 13.8. The monoisotopic (exact) mass is 295 g/mol. The average Bonchev–Trinajstić information content (AvgIpc) is 2.72. The van der Waals surface area contributed by atoms with E-state index in [1.54, 1.807) is 18.2 Å². The second-order valence-corrected chi connectivity index (χ2v) is 4.92. The van der Waals surface area contributed by atoms with E-state index in [-0.39, 0.29) is 10.6 Å². The number of nitrogens with two attached hydrogens (primary N) is 1. The number of H-pyrrole nitrogens is 1. The van der Waals surface area contributed by atoms with Crippen molar-refractivity contribution in [2.45, 2.75) is 0 Å². The molecule has 0 aliphatic heterocycles. The predicted molar refractivity (Wildman–Crippen MR) is 75.9 cm³/mol. The van der Waals surface area contributed by atoms with Crippen LogP contribution in [-0.2, 0) is 0 Å². The van der Waals surface area contributed by atoms with Gasteiger partial charge in [-0.1, -0.05) is 29.3 Å². The third kappa shape index (κ3) is 2.03. The lowest BCUT2D eigenvalue weighted by molar-refractivity contribution is 0.630. The Labute approximate surface area is 118 Å². The molecule has 6 heteroatoms. The van der Waals surface area contributed by atoms with Crippen LogP contribution in [0.4, 0.5) is 10.1 Å². The van der Waals surface area contributed by atoms with Crippen LogP contribution < -0.4 is 5.73 Å². The molecular formula is C13H8Cl2FN3. The van der Waals surface area contributed by atoms with Gasteiger partial charge in [0, 0.05) is 5.02 Å². The molecule has 96 valence electrons. The van der Waals surface area contributed by atoms with Gasteiger partial charge in [0.1, 0.15) is 17.2 Å². The minimum absolute atomic E-state index is 0.218. The van der Waals surface area contributed by atoms with Gasteiger partial charge in [0.2, 0.25) is 0 Å². The number of aromatic amines is 1. The van der Waals surface area contributed by atoms with E-state index in [0.717, 1.165) is 0 Å². The average molecular weight is 296 g/mol. The highest BCUT2D eigenvalue weighted by atomic mass is 35.5. The number of nitrogen functional groups attached to an aromatic ring is 1. The maximum Gasteiger partial charge on any atom is 0.143 e. The van der Waals surface area contributed by atoms with Gasteiger partial charge >= 0.3 is 0 Å². The third-order valence-electron chi connectivity index (χ3n) is 2.78. The second-order valence-electron chi connectivity index (χ2n) is 4.07. The van der Waals surface area contributed by atoms with Gasteiger partial charge in [-0.25, -0.2) is 9.37 Å². The molecule has 0 aliphatic carbocycles. The molecule has 3 nitrogen and oxygen atoms in total. The molecule has 0 unspecified atom stereocenters. The zero-order valence-corrected chi connectivity index (χ0v) is 11.1. The largest absolute Gasteiger partial charge is 0.397 e. The Balaban J connectivity index is 2.30. The van der Waals surface area contributed by atoms with E-state index in [4.69, 9.17) is 28.9 Å². The lowest BCUT2D eigenvalue weighted by Gasteiger charge is -2.01. The summed E-state index contributed by atoms with van der Waals surface area (Å²) in [5.41, 5.74) is 7.66. The molecule has 0 aliphatic rings. The molecule has 2 aromatic carbocycles. The van der Waals surface area contributed by atoms with Crippen molar-refractivity contribution in [1.29, 1.82) is 0 Å². The van der Waals surface area contributed by atoms with E-state index < -0.39 is 5.82 Å². The number of nitrogens with one attached hydrogen (secondary N) is 1. The number of halogens is 3. The number of hydrogen-bond donors (Lipinski definition) is 2. The van der Waals surface area contributed by atoms with Crippen LogP contribution in [0.5, 0.6) is 0 Å². The molecule has 1 aromatic heterocycles. The van der Waals surface area contributed by atoms with E-state index in [0.29, 0.717) is 27.6 Å². The van der Waals surface area contributed by atoms with Gasteiger partial charge in [-0.05, 0) is 24.3 Å². The fourth-order valence-electron chi connectivity index (χ4n) is 1.95. The van der Waals surface area contributed by atoms with Gasteiger partial charge in [-0.15, -0.1) is 0 Å². The van der Waals surface area contributed by atoms with Crippen molar-refractivity contribution < 1.29 is 4.39 Å². The normalized spacial score (nSPS) is 11.1. The summed E-state index contributed by atoms with van der Waals surface area (Å²) in [7, 11) is 0. The number of imidazole rings is 1. The van der Waals surface area contributed by atoms with Crippen LogP contribution in [0.2, 0.25) is 10.0 Å². The first-order valence-electron chi connectivity index (χ1n) is 5.45. The molecule has 0 saturated heterocycles. The Morgan fingerprint density at radius 3 is 2.74 bits per heavy atom. The number of nitrogens with zero attached hydrogens (tertiary/aromatic N) is 1. The molecule has 0 radical (unpaired) electrons. The Hall–Kier alpha value is -1.78. The van der Waals surface area contributed by atoms with E-state index in [9.17, 15) is 4.39 Å². The van der Waals surface area contributed by atoms with Crippen molar-refractivity contribution in [3.05, 3.63) is 46.2 Å². The van der Waals surface area contributed by atoms with Gasteiger partial charge in [0.05, 0.1) is 21.8 Å². The van der Waals surface area contributed by atoms with Crippen molar-refractivity contribution in [3.63, 3.8) is 0 Å². The van der Waals surface area contributed by atoms with Crippen molar-refractivity contribution >= 4 is 39.9 Å². The Kier molecular flexibility index (Phi) is 2.84. The SMILES string of the molecule is Nc1cc(Cl)cc2[nH]c(-c3c(F)cccc3Cl)nc12. The van der Waals surface area contributed by atoms with E-state index in [1.807, 2.05) is 0 Å². The van der Waals surface area contributed by atoms with Gasteiger partial charge in [0.15, 0.2) is 0 Å². The summed E-state index contributed by atoms with van der Waals surface area (Å²) in [5.74, 6) is -0.122. The van der Waals surface area contributed by atoms with Crippen LogP contribution in [-0.4, -0.2) is 9.97 Å². The van der Waals surface area contributed by atoms with Gasteiger partial charge in [0.25, 0.3) is 0 Å². The molecule has 0 bridgehead atoms. The van der Waals surface area contributed by atoms with Crippen LogP contribution >= 0.6 is 23.2 Å². The van der Waals surface area contributed by atoms with E-state index in [2.05, 4.69) is 9.97 Å². The lowest BCUT2D eigenvalue weighted by atomic mass is 10.2. The molecular weight excluding hydrogens is 288 g/mol. The quantitative estimate of drug-likeness (QED) is 0.659. The third-order valence-corrected chi connectivity index (χ3v) is 3.31. The van der Waals surface area contributed by atoms with Gasteiger partial charge in [-0.2, -0.15) is 0 Å². The number of benzene rings is 2. The lowest BCUT2D eigenvalue weighted by Crippen LogP contribution is -1.88. The van der Waals surface area contributed by atoms with Crippen LogP contribution in [0.1, 0.15) is 0 Å². The van der Waals surface area contributed by atoms with Crippen molar-refractivity contribution in [2.75, 3.05) is 5.73 Å². The molecule has 0 amide bonds. The first kappa shape index (κ1) is 12.3. The summed E-state index contributed by atoms with van der Waals surface area (Å²) >= 11 is 11.9. The molecule has 0 saturated carbocycles. The van der Waals surface area contributed by atoms with Crippen molar-refractivity contribution in [1.82, 2.24) is 9.97 Å². The minimum Gasteiger partial charge on any atom is -0.397 e. The second kappa shape index (κ2) is 4.40. The Morgan fingerprint density at radius 1 is 1.21 bits per heavy atom. The van der Waals surface area contributed by atoms with Gasteiger partial charge < -0.3 is 10.7 Å². The molecule has 0 fully saturated rings. The molecule has 3 aromatic rings. The maximum absolute atomic E-state index is 13.8. The minimum atomic E-state index is -0.448. The number of rotatable bonds is 1. The number of fused-ring (bicyclic) bond motifs is 1. The first-order chi connectivity index (χ1) is 9.06. The summed E-state index contributed by atoms with van der Waals surface area (Å²) in [6.07, 6.45) is 0.